The van der Waals surface area contributed by atoms with Crippen molar-refractivity contribution in [1.29, 1.82) is 10.8 Å². The van der Waals surface area contributed by atoms with Gasteiger partial charge < -0.3 is 10.7 Å². The van der Waals surface area contributed by atoms with Gasteiger partial charge in [-0.1, -0.05) is 39.0 Å². The molecule has 2 unspecified atom stereocenters. The molecule has 1 rings (SSSR count). The van der Waals surface area contributed by atoms with Gasteiger partial charge in [-0.05, 0) is 36.8 Å². The average molecular weight is 305 g/mol. The highest BCUT2D eigenvalue weighted by Crippen LogP contribution is 2.29. The van der Waals surface area contributed by atoms with E-state index in [-0.39, 0.29) is 11.6 Å². The Kier molecular flexibility index (Phi) is 6.40. The van der Waals surface area contributed by atoms with Crippen molar-refractivity contribution in [1.82, 2.24) is 0 Å². The first-order valence-electron chi connectivity index (χ1n) is 7.42. The first-order chi connectivity index (χ1) is 10.2. The highest BCUT2D eigenvalue weighted by Gasteiger charge is 2.27. The van der Waals surface area contributed by atoms with Gasteiger partial charge >= 0.3 is 0 Å². The van der Waals surface area contributed by atoms with Crippen molar-refractivity contribution < 1.29 is 9.18 Å². The number of para-hydroxylation sites is 1. The summed E-state index contributed by atoms with van der Waals surface area (Å²) >= 11 is 0. The number of rotatable bonds is 7. The van der Waals surface area contributed by atoms with E-state index in [1.165, 1.54) is 6.92 Å². The van der Waals surface area contributed by atoms with E-state index in [2.05, 4.69) is 26.1 Å². The first-order valence-corrected chi connectivity index (χ1v) is 7.42. The van der Waals surface area contributed by atoms with Gasteiger partial charge in [0.05, 0.1) is 0 Å². The number of anilines is 1. The molecule has 0 spiro atoms. The molecule has 120 valence electrons. The van der Waals surface area contributed by atoms with Crippen molar-refractivity contribution in [3.63, 3.8) is 0 Å². The van der Waals surface area contributed by atoms with Gasteiger partial charge in [0, 0.05) is 11.4 Å². The van der Waals surface area contributed by atoms with E-state index in [4.69, 9.17) is 10.8 Å². The fourth-order valence-corrected chi connectivity index (χ4v) is 2.58. The van der Waals surface area contributed by atoms with Crippen LogP contribution in [-0.4, -0.2) is 17.6 Å². The number of amides is 1. The topological polar surface area (TPSA) is 76.8 Å². The lowest BCUT2D eigenvalue weighted by molar-refractivity contribution is -0.116. The zero-order valence-electron chi connectivity index (χ0n) is 13.5. The average Bonchev–Trinajstić information content (AvgIpc) is 2.37. The molecular formula is C17H24FN3O. The van der Waals surface area contributed by atoms with Gasteiger partial charge in [0.25, 0.3) is 0 Å². The molecule has 1 aromatic carbocycles. The number of hydrogen-bond donors (Lipinski definition) is 3. The third kappa shape index (κ3) is 4.76. The molecule has 0 aliphatic carbocycles. The van der Waals surface area contributed by atoms with Crippen LogP contribution in [0.3, 0.4) is 0 Å². The van der Waals surface area contributed by atoms with Crippen LogP contribution in [0.2, 0.25) is 0 Å². The minimum absolute atomic E-state index is 0.183. The Labute approximate surface area is 131 Å². The second-order valence-corrected chi connectivity index (χ2v) is 6.07. The van der Waals surface area contributed by atoms with Crippen molar-refractivity contribution in [2.45, 2.75) is 40.0 Å². The van der Waals surface area contributed by atoms with Crippen LogP contribution in [0.4, 0.5) is 10.1 Å². The zero-order valence-corrected chi connectivity index (χ0v) is 13.5. The number of carbonyl (C=O) groups excluding carboxylic acids is 1. The number of halogens is 1. The molecule has 0 aromatic heterocycles. The third-order valence-electron chi connectivity index (χ3n) is 3.52. The SMILES string of the molecule is CC(=N)C(C(=N)F)C(=O)Nc1ccccc1C(C)CC(C)C. The molecule has 0 bridgehead atoms. The normalized spacial score (nSPS) is 13.5. The molecule has 1 amide bonds. The lowest BCUT2D eigenvalue weighted by Crippen LogP contribution is -2.32. The van der Waals surface area contributed by atoms with Crippen LogP contribution in [-0.2, 0) is 4.79 Å². The van der Waals surface area contributed by atoms with Gasteiger partial charge in [-0.25, -0.2) is 0 Å². The Hall–Kier alpha value is -2.04. The fraction of sp³-hybridized carbons (Fsp3) is 0.471. The summed E-state index contributed by atoms with van der Waals surface area (Å²) in [6, 6.07) is 7.41. The van der Waals surface area contributed by atoms with Gasteiger partial charge in [0.1, 0.15) is 5.92 Å². The number of carbonyl (C=O) groups is 1. The van der Waals surface area contributed by atoms with E-state index in [1.807, 2.05) is 12.1 Å². The van der Waals surface area contributed by atoms with Gasteiger partial charge in [0.15, 0.2) is 5.97 Å². The van der Waals surface area contributed by atoms with E-state index in [0.29, 0.717) is 11.6 Å². The molecule has 0 heterocycles. The van der Waals surface area contributed by atoms with E-state index >= 15 is 0 Å². The summed E-state index contributed by atoms with van der Waals surface area (Å²) in [6.07, 6.45) is 0.971. The highest BCUT2D eigenvalue weighted by atomic mass is 19.1. The van der Waals surface area contributed by atoms with Crippen LogP contribution < -0.4 is 5.32 Å². The largest absolute Gasteiger partial charge is 0.325 e. The van der Waals surface area contributed by atoms with E-state index in [9.17, 15) is 9.18 Å². The quantitative estimate of drug-likeness (QED) is 0.642. The molecule has 0 saturated carbocycles. The lowest BCUT2D eigenvalue weighted by Gasteiger charge is -2.20. The second kappa shape index (κ2) is 7.82. The summed E-state index contributed by atoms with van der Waals surface area (Å²) in [4.78, 5) is 12.2. The Bertz CT molecular complexity index is 555. The molecule has 4 nitrogen and oxygen atoms in total. The van der Waals surface area contributed by atoms with Gasteiger partial charge in [-0.15, -0.1) is 0 Å². The highest BCUT2D eigenvalue weighted by molar-refractivity contribution is 6.20. The maximum atomic E-state index is 13.2. The first kappa shape index (κ1) is 18.0. The molecule has 0 saturated heterocycles. The number of benzene rings is 1. The summed E-state index contributed by atoms with van der Waals surface area (Å²) in [6.45, 7) is 7.68. The smallest absolute Gasteiger partial charge is 0.241 e. The summed E-state index contributed by atoms with van der Waals surface area (Å²) in [7, 11) is 0. The van der Waals surface area contributed by atoms with Crippen molar-refractivity contribution in [2.75, 3.05) is 5.32 Å². The van der Waals surface area contributed by atoms with Crippen LogP contribution in [0.15, 0.2) is 24.3 Å². The van der Waals surface area contributed by atoms with Crippen LogP contribution in [0.25, 0.3) is 0 Å². The lowest BCUT2D eigenvalue weighted by atomic mass is 9.90. The molecule has 0 fully saturated rings. The molecular weight excluding hydrogens is 281 g/mol. The second-order valence-electron chi connectivity index (χ2n) is 6.07. The van der Waals surface area contributed by atoms with E-state index < -0.39 is 17.8 Å². The Morgan fingerprint density at radius 3 is 2.32 bits per heavy atom. The Morgan fingerprint density at radius 1 is 1.23 bits per heavy atom. The minimum atomic E-state index is -1.45. The molecule has 1 aromatic rings. The Balaban J connectivity index is 3.01. The van der Waals surface area contributed by atoms with Crippen molar-refractivity contribution in [2.24, 2.45) is 11.8 Å². The summed E-state index contributed by atoms with van der Waals surface area (Å²) in [5, 5.41) is 17.2. The predicted octanol–water partition coefficient (Wildman–Crippen LogP) is 4.38. The molecule has 5 heteroatoms. The molecule has 2 atom stereocenters. The van der Waals surface area contributed by atoms with Crippen molar-refractivity contribution in [3.8, 4) is 0 Å². The van der Waals surface area contributed by atoms with E-state index in [0.717, 1.165) is 12.0 Å². The number of nitrogens with one attached hydrogen (secondary N) is 3. The van der Waals surface area contributed by atoms with Crippen molar-refractivity contribution in [3.05, 3.63) is 29.8 Å². The van der Waals surface area contributed by atoms with Crippen molar-refractivity contribution >= 4 is 23.3 Å². The molecule has 0 aliphatic rings. The summed E-state index contributed by atoms with van der Waals surface area (Å²) in [5.41, 5.74) is 1.42. The zero-order chi connectivity index (χ0) is 16.9. The fourth-order valence-electron chi connectivity index (χ4n) is 2.58. The van der Waals surface area contributed by atoms with Gasteiger partial charge in [-0.3, -0.25) is 10.2 Å². The molecule has 3 N–H and O–H groups in total. The Morgan fingerprint density at radius 2 is 1.82 bits per heavy atom. The maximum Gasteiger partial charge on any atom is 0.241 e. The third-order valence-corrected chi connectivity index (χ3v) is 3.52. The summed E-state index contributed by atoms with van der Waals surface area (Å²) < 4.78 is 13.2. The van der Waals surface area contributed by atoms with Crippen LogP contribution in [0.1, 0.15) is 45.6 Å². The van der Waals surface area contributed by atoms with Crippen LogP contribution >= 0.6 is 0 Å². The van der Waals surface area contributed by atoms with Crippen LogP contribution in [0.5, 0.6) is 0 Å². The molecule has 0 radical (unpaired) electrons. The standard InChI is InChI=1S/C17H24FN3O/c1-10(2)9-11(3)13-7-5-6-8-14(13)21-17(22)15(12(4)19)16(18)20/h5-8,10-11,15,19-20H,9H2,1-4H3,(H,21,22). The predicted molar refractivity (Wildman–Crippen MR) is 88.7 cm³/mol. The monoisotopic (exact) mass is 305 g/mol. The molecule has 0 aliphatic heterocycles. The van der Waals surface area contributed by atoms with Gasteiger partial charge in [0.2, 0.25) is 5.91 Å². The van der Waals surface area contributed by atoms with Crippen LogP contribution in [0, 0.1) is 22.7 Å². The molecule has 22 heavy (non-hydrogen) atoms. The van der Waals surface area contributed by atoms with Gasteiger partial charge in [-0.2, -0.15) is 4.39 Å². The maximum absolute atomic E-state index is 13.2. The number of hydrogen-bond acceptors (Lipinski definition) is 3. The summed E-state index contributed by atoms with van der Waals surface area (Å²) in [5.74, 6) is -2.66. The minimum Gasteiger partial charge on any atom is -0.325 e. The van der Waals surface area contributed by atoms with E-state index in [1.54, 1.807) is 12.1 Å².